The first-order chi connectivity index (χ1) is 8.08. The predicted octanol–water partition coefficient (Wildman–Crippen LogP) is 0.603. The van der Waals surface area contributed by atoms with Gasteiger partial charge in [-0.3, -0.25) is 9.69 Å². The molecule has 1 aromatic rings. The summed E-state index contributed by atoms with van der Waals surface area (Å²) in [5, 5.41) is 3.95. The van der Waals surface area contributed by atoms with Crippen molar-refractivity contribution in [1.29, 1.82) is 0 Å². The number of carbonyl (C=O) groups is 1. The number of likely N-dealkylation sites (N-methyl/N-ethyl adjacent to an activating group) is 1. The second kappa shape index (κ2) is 4.83. The summed E-state index contributed by atoms with van der Waals surface area (Å²) in [4.78, 5) is 19.7. The highest BCUT2D eigenvalue weighted by molar-refractivity contribution is 5.77. The van der Waals surface area contributed by atoms with E-state index in [0.29, 0.717) is 18.3 Å². The molecule has 1 aliphatic rings. The molecular formula is C11H18N4O2. The topological polar surface area (TPSA) is 62.5 Å². The first kappa shape index (κ1) is 12.0. The van der Waals surface area contributed by atoms with Gasteiger partial charge in [-0.15, -0.1) is 0 Å². The minimum absolute atomic E-state index is 0.108. The summed E-state index contributed by atoms with van der Waals surface area (Å²) in [5.41, 5.74) is 0. The molecule has 1 saturated heterocycles. The number of hydrogen-bond donors (Lipinski definition) is 0. The van der Waals surface area contributed by atoms with E-state index in [1.165, 1.54) is 0 Å². The van der Waals surface area contributed by atoms with E-state index in [4.69, 9.17) is 4.52 Å². The van der Waals surface area contributed by atoms with Gasteiger partial charge in [0.2, 0.25) is 11.8 Å². The minimum atomic E-state index is 0.108. The SMILES string of the molecule is Cc1nc([C@@H]2CCCN2CC(=O)N(C)C)no1. The van der Waals surface area contributed by atoms with Crippen LogP contribution >= 0.6 is 0 Å². The molecule has 0 radical (unpaired) electrons. The van der Waals surface area contributed by atoms with E-state index in [9.17, 15) is 4.79 Å². The highest BCUT2D eigenvalue weighted by Crippen LogP contribution is 2.29. The van der Waals surface area contributed by atoms with E-state index in [0.717, 1.165) is 19.4 Å². The van der Waals surface area contributed by atoms with Crippen molar-refractivity contribution in [3.63, 3.8) is 0 Å². The average molecular weight is 238 g/mol. The van der Waals surface area contributed by atoms with E-state index < -0.39 is 0 Å². The van der Waals surface area contributed by atoms with Crippen molar-refractivity contribution in [1.82, 2.24) is 19.9 Å². The number of aromatic nitrogens is 2. The molecule has 2 rings (SSSR count). The summed E-state index contributed by atoms with van der Waals surface area (Å²) in [7, 11) is 3.54. The van der Waals surface area contributed by atoms with Crippen molar-refractivity contribution in [3.8, 4) is 0 Å². The first-order valence-corrected chi connectivity index (χ1v) is 5.82. The normalized spacial score (nSPS) is 20.8. The van der Waals surface area contributed by atoms with Gasteiger partial charge in [0.1, 0.15) is 0 Å². The predicted molar refractivity (Wildman–Crippen MR) is 61.3 cm³/mol. The lowest BCUT2D eigenvalue weighted by atomic mass is 10.2. The maximum Gasteiger partial charge on any atom is 0.236 e. The van der Waals surface area contributed by atoms with Crippen LogP contribution in [0.1, 0.15) is 30.6 Å². The van der Waals surface area contributed by atoms with E-state index >= 15 is 0 Å². The molecule has 0 N–H and O–H groups in total. The lowest BCUT2D eigenvalue weighted by molar-refractivity contribution is -0.130. The molecule has 1 aromatic heterocycles. The summed E-state index contributed by atoms with van der Waals surface area (Å²) >= 11 is 0. The van der Waals surface area contributed by atoms with E-state index in [1.807, 2.05) is 0 Å². The zero-order valence-corrected chi connectivity index (χ0v) is 10.5. The van der Waals surface area contributed by atoms with Gasteiger partial charge in [-0.2, -0.15) is 4.98 Å². The molecule has 94 valence electrons. The Hall–Kier alpha value is -1.43. The van der Waals surface area contributed by atoms with Crippen molar-refractivity contribution < 1.29 is 9.32 Å². The second-order valence-corrected chi connectivity index (χ2v) is 4.59. The van der Waals surface area contributed by atoms with E-state index in [-0.39, 0.29) is 11.9 Å². The number of nitrogens with zero attached hydrogens (tertiary/aromatic N) is 4. The number of hydrogen-bond acceptors (Lipinski definition) is 5. The number of aryl methyl sites for hydroxylation is 1. The van der Waals surface area contributed by atoms with Gasteiger partial charge in [-0.05, 0) is 19.4 Å². The molecule has 1 aliphatic heterocycles. The molecule has 17 heavy (non-hydrogen) atoms. The zero-order valence-electron chi connectivity index (χ0n) is 10.5. The minimum Gasteiger partial charge on any atom is -0.348 e. The van der Waals surface area contributed by atoms with E-state index in [2.05, 4.69) is 15.0 Å². The Morgan fingerprint density at radius 2 is 2.35 bits per heavy atom. The maximum atomic E-state index is 11.7. The number of likely N-dealkylation sites (tertiary alicyclic amines) is 1. The molecule has 0 spiro atoms. The molecule has 1 atom stereocenters. The van der Waals surface area contributed by atoms with Gasteiger partial charge in [0.05, 0.1) is 12.6 Å². The van der Waals surface area contributed by atoms with Crippen LogP contribution in [-0.4, -0.2) is 53.0 Å². The third-order valence-electron chi connectivity index (χ3n) is 3.04. The summed E-state index contributed by atoms with van der Waals surface area (Å²) in [6, 6.07) is 0.122. The Balaban J connectivity index is 2.05. The zero-order chi connectivity index (χ0) is 12.4. The van der Waals surface area contributed by atoms with Crippen LogP contribution in [-0.2, 0) is 4.79 Å². The fourth-order valence-corrected chi connectivity index (χ4v) is 2.07. The third-order valence-corrected chi connectivity index (χ3v) is 3.04. The summed E-state index contributed by atoms with van der Waals surface area (Å²) in [5.74, 6) is 1.38. The fourth-order valence-electron chi connectivity index (χ4n) is 2.07. The average Bonchev–Trinajstić information content (AvgIpc) is 2.86. The highest BCUT2D eigenvalue weighted by atomic mass is 16.5. The van der Waals surface area contributed by atoms with Crippen molar-refractivity contribution in [2.24, 2.45) is 0 Å². The van der Waals surface area contributed by atoms with Gasteiger partial charge >= 0.3 is 0 Å². The molecule has 0 bridgehead atoms. The van der Waals surface area contributed by atoms with Gasteiger partial charge in [-0.1, -0.05) is 5.16 Å². The summed E-state index contributed by atoms with van der Waals surface area (Å²) < 4.78 is 4.99. The largest absolute Gasteiger partial charge is 0.348 e. The van der Waals surface area contributed by atoms with Gasteiger partial charge in [0.25, 0.3) is 0 Å². The van der Waals surface area contributed by atoms with Crippen LogP contribution in [0.4, 0.5) is 0 Å². The van der Waals surface area contributed by atoms with Crippen molar-refractivity contribution in [2.75, 3.05) is 27.2 Å². The third kappa shape index (κ3) is 2.63. The smallest absolute Gasteiger partial charge is 0.236 e. The lowest BCUT2D eigenvalue weighted by Crippen LogP contribution is -2.36. The Kier molecular flexibility index (Phi) is 3.42. The monoisotopic (exact) mass is 238 g/mol. The van der Waals surface area contributed by atoms with Crippen molar-refractivity contribution >= 4 is 5.91 Å². The Bertz CT molecular complexity index is 402. The van der Waals surface area contributed by atoms with Gasteiger partial charge in [-0.25, -0.2) is 0 Å². The van der Waals surface area contributed by atoms with Crippen LogP contribution < -0.4 is 0 Å². The molecule has 6 nitrogen and oxygen atoms in total. The fraction of sp³-hybridized carbons (Fsp3) is 0.727. The summed E-state index contributed by atoms with van der Waals surface area (Å²) in [6.07, 6.45) is 2.05. The number of amides is 1. The Morgan fingerprint density at radius 1 is 1.59 bits per heavy atom. The van der Waals surface area contributed by atoms with Gasteiger partial charge in [0.15, 0.2) is 5.82 Å². The molecule has 6 heteroatoms. The van der Waals surface area contributed by atoms with Crippen LogP contribution in [0, 0.1) is 6.92 Å². The van der Waals surface area contributed by atoms with Crippen molar-refractivity contribution in [3.05, 3.63) is 11.7 Å². The number of rotatable bonds is 3. The van der Waals surface area contributed by atoms with Crippen LogP contribution in [0.15, 0.2) is 4.52 Å². The lowest BCUT2D eigenvalue weighted by Gasteiger charge is -2.22. The molecule has 0 aromatic carbocycles. The molecular weight excluding hydrogens is 220 g/mol. The molecule has 1 fully saturated rings. The van der Waals surface area contributed by atoms with Crippen LogP contribution in [0.2, 0.25) is 0 Å². The molecule has 0 aliphatic carbocycles. The second-order valence-electron chi connectivity index (χ2n) is 4.59. The molecule has 1 amide bonds. The van der Waals surface area contributed by atoms with Crippen LogP contribution in [0.3, 0.4) is 0 Å². The maximum absolute atomic E-state index is 11.7. The Morgan fingerprint density at radius 3 is 2.94 bits per heavy atom. The van der Waals surface area contributed by atoms with Gasteiger partial charge < -0.3 is 9.42 Å². The Labute approximate surface area is 101 Å². The highest BCUT2D eigenvalue weighted by Gasteiger charge is 2.31. The van der Waals surface area contributed by atoms with Gasteiger partial charge in [0, 0.05) is 21.0 Å². The standard InChI is InChI=1S/C11H18N4O2/c1-8-12-11(13-17-8)9-5-4-6-15(9)7-10(16)14(2)3/h9H,4-7H2,1-3H3/t9-/m0/s1. The first-order valence-electron chi connectivity index (χ1n) is 5.82. The molecule has 0 unspecified atom stereocenters. The van der Waals surface area contributed by atoms with E-state index in [1.54, 1.807) is 25.9 Å². The van der Waals surface area contributed by atoms with Crippen LogP contribution in [0.25, 0.3) is 0 Å². The quantitative estimate of drug-likeness (QED) is 0.771. The van der Waals surface area contributed by atoms with Crippen LogP contribution in [0.5, 0.6) is 0 Å². The summed E-state index contributed by atoms with van der Waals surface area (Å²) in [6.45, 7) is 3.11. The number of carbonyl (C=O) groups excluding carboxylic acids is 1. The molecule has 0 saturated carbocycles. The molecule has 2 heterocycles. The van der Waals surface area contributed by atoms with Crippen molar-refractivity contribution in [2.45, 2.75) is 25.8 Å².